The van der Waals surface area contributed by atoms with E-state index in [-0.39, 0.29) is 5.75 Å². The molecule has 2 rings (SSSR count). The van der Waals surface area contributed by atoms with Gasteiger partial charge in [0.2, 0.25) is 0 Å². The van der Waals surface area contributed by atoms with Gasteiger partial charge < -0.3 is 9.84 Å². The zero-order valence-electron chi connectivity index (χ0n) is 10.7. The quantitative estimate of drug-likeness (QED) is 0.924. The molecule has 0 heterocycles. The first kappa shape index (κ1) is 13.8. The number of aliphatic hydroxyl groups excluding tert-OH is 1. The minimum atomic E-state index is -0.868. The Kier molecular flexibility index (Phi) is 4.08. The number of hydrogen-bond donors (Lipinski definition) is 1. The van der Waals surface area contributed by atoms with Crippen molar-refractivity contribution in [2.45, 2.75) is 13.0 Å². The third kappa shape index (κ3) is 2.88. The van der Waals surface area contributed by atoms with Crippen LogP contribution in [0.4, 0.5) is 4.39 Å². The predicted octanol–water partition coefficient (Wildman–Crippen LogP) is 3.88. The second-order valence-corrected chi connectivity index (χ2v) is 4.71. The van der Waals surface area contributed by atoms with E-state index < -0.39 is 11.9 Å². The number of rotatable bonds is 3. The Hall–Kier alpha value is -1.58. The SMILES string of the molecule is COc1cc(C(O)c2ccc(C)c(Cl)c2)ccc1F. The number of aliphatic hydroxyl groups is 1. The number of halogens is 2. The van der Waals surface area contributed by atoms with Crippen LogP contribution in [0, 0.1) is 12.7 Å². The van der Waals surface area contributed by atoms with Gasteiger partial charge in [0.25, 0.3) is 0 Å². The summed E-state index contributed by atoms with van der Waals surface area (Å²) in [6.45, 7) is 1.89. The summed E-state index contributed by atoms with van der Waals surface area (Å²) in [6, 6.07) is 9.61. The minimum absolute atomic E-state index is 0.106. The summed E-state index contributed by atoms with van der Waals surface area (Å²) in [7, 11) is 1.39. The van der Waals surface area contributed by atoms with Gasteiger partial charge in [0.05, 0.1) is 7.11 Å². The molecule has 2 aromatic carbocycles. The van der Waals surface area contributed by atoms with Crippen LogP contribution in [-0.4, -0.2) is 12.2 Å². The number of methoxy groups -OCH3 is 1. The molecule has 0 spiro atoms. The Morgan fingerprint density at radius 2 is 1.79 bits per heavy atom. The molecule has 0 amide bonds. The van der Waals surface area contributed by atoms with Gasteiger partial charge in [-0.2, -0.15) is 0 Å². The van der Waals surface area contributed by atoms with E-state index in [1.54, 1.807) is 12.1 Å². The Morgan fingerprint density at radius 3 is 2.42 bits per heavy atom. The van der Waals surface area contributed by atoms with Gasteiger partial charge >= 0.3 is 0 Å². The first-order chi connectivity index (χ1) is 9.02. The predicted molar refractivity (Wildman–Crippen MR) is 73.2 cm³/mol. The lowest BCUT2D eigenvalue weighted by Gasteiger charge is -2.14. The van der Waals surface area contributed by atoms with Crippen LogP contribution < -0.4 is 4.74 Å². The summed E-state index contributed by atoms with van der Waals surface area (Å²) in [4.78, 5) is 0. The molecule has 0 aliphatic carbocycles. The lowest BCUT2D eigenvalue weighted by molar-refractivity contribution is 0.219. The van der Waals surface area contributed by atoms with Crippen LogP contribution in [0.5, 0.6) is 5.75 Å². The molecule has 0 saturated heterocycles. The van der Waals surface area contributed by atoms with E-state index in [0.29, 0.717) is 16.1 Å². The van der Waals surface area contributed by atoms with Crippen LogP contribution in [0.1, 0.15) is 22.8 Å². The topological polar surface area (TPSA) is 29.5 Å². The molecule has 4 heteroatoms. The van der Waals surface area contributed by atoms with Gasteiger partial charge in [-0.15, -0.1) is 0 Å². The average Bonchev–Trinajstić information content (AvgIpc) is 2.41. The average molecular weight is 281 g/mol. The van der Waals surface area contributed by atoms with Gasteiger partial charge in [-0.25, -0.2) is 4.39 Å². The molecule has 0 fully saturated rings. The molecule has 0 aromatic heterocycles. The normalized spacial score (nSPS) is 12.3. The summed E-state index contributed by atoms with van der Waals surface area (Å²) < 4.78 is 18.2. The van der Waals surface area contributed by atoms with Gasteiger partial charge in [0.15, 0.2) is 11.6 Å². The second kappa shape index (κ2) is 5.59. The van der Waals surface area contributed by atoms with Crippen LogP contribution in [0.15, 0.2) is 36.4 Å². The monoisotopic (exact) mass is 280 g/mol. The zero-order valence-corrected chi connectivity index (χ0v) is 11.4. The molecular weight excluding hydrogens is 267 g/mol. The van der Waals surface area contributed by atoms with Crippen molar-refractivity contribution in [2.24, 2.45) is 0 Å². The van der Waals surface area contributed by atoms with E-state index in [2.05, 4.69) is 0 Å². The van der Waals surface area contributed by atoms with Gasteiger partial charge in [-0.1, -0.05) is 29.8 Å². The van der Waals surface area contributed by atoms with Gasteiger partial charge in [-0.3, -0.25) is 0 Å². The van der Waals surface area contributed by atoms with Crippen LogP contribution in [-0.2, 0) is 0 Å². The van der Waals surface area contributed by atoms with Crippen molar-refractivity contribution >= 4 is 11.6 Å². The number of ether oxygens (including phenoxy) is 1. The molecule has 0 saturated carbocycles. The second-order valence-electron chi connectivity index (χ2n) is 4.31. The highest BCUT2D eigenvalue weighted by Crippen LogP contribution is 2.29. The molecule has 1 unspecified atom stereocenters. The third-order valence-corrected chi connectivity index (χ3v) is 3.41. The molecule has 1 N–H and O–H groups in total. The number of aryl methyl sites for hydroxylation is 1. The van der Waals surface area contributed by atoms with Crippen molar-refractivity contribution in [2.75, 3.05) is 7.11 Å². The summed E-state index contributed by atoms with van der Waals surface area (Å²) >= 11 is 6.03. The largest absolute Gasteiger partial charge is 0.494 e. The standard InChI is InChI=1S/C15H14ClFO2/c1-9-3-4-10(7-12(9)16)15(18)11-5-6-13(17)14(8-11)19-2/h3-8,15,18H,1-2H3. The maximum Gasteiger partial charge on any atom is 0.165 e. The molecular formula is C15H14ClFO2. The molecule has 0 aliphatic heterocycles. The summed E-state index contributed by atoms with van der Waals surface area (Å²) in [5.74, 6) is -0.352. The van der Waals surface area contributed by atoms with Crippen LogP contribution in [0.3, 0.4) is 0 Å². The summed E-state index contributed by atoms with van der Waals surface area (Å²) in [6.07, 6.45) is -0.868. The van der Waals surface area contributed by atoms with Crippen molar-refractivity contribution in [1.82, 2.24) is 0 Å². The van der Waals surface area contributed by atoms with E-state index in [0.717, 1.165) is 5.56 Å². The maximum atomic E-state index is 13.3. The molecule has 0 radical (unpaired) electrons. The van der Waals surface area contributed by atoms with Crippen molar-refractivity contribution in [1.29, 1.82) is 0 Å². The highest BCUT2D eigenvalue weighted by Gasteiger charge is 2.14. The van der Waals surface area contributed by atoms with Crippen molar-refractivity contribution in [3.63, 3.8) is 0 Å². The van der Waals surface area contributed by atoms with Gasteiger partial charge in [0.1, 0.15) is 6.10 Å². The van der Waals surface area contributed by atoms with Crippen LogP contribution in [0.25, 0.3) is 0 Å². The Labute approximate surface area is 116 Å². The van der Waals surface area contributed by atoms with E-state index in [1.807, 2.05) is 13.0 Å². The van der Waals surface area contributed by atoms with E-state index in [4.69, 9.17) is 16.3 Å². The Morgan fingerprint density at radius 1 is 1.16 bits per heavy atom. The van der Waals surface area contributed by atoms with Gasteiger partial charge in [-0.05, 0) is 41.8 Å². The van der Waals surface area contributed by atoms with Gasteiger partial charge in [0, 0.05) is 5.02 Å². The van der Waals surface area contributed by atoms with E-state index >= 15 is 0 Å². The smallest absolute Gasteiger partial charge is 0.165 e. The Bertz CT molecular complexity index is 599. The fraction of sp³-hybridized carbons (Fsp3) is 0.200. The fourth-order valence-electron chi connectivity index (χ4n) is 1.82. The lowest BCUT2D eigenvalue weighted by Crippen LogP contribution is -2.01. The first-order valence-corrected chi connectivity index (χ1v) is 6.18. The first-order valence-electron chi connectivity index (χ1n) is 5.80. The highest BCUT2D eigenvalue weighted by molar-refractivity contribution is 6.31. The highest BCUT2D eigenvalue weighted by atomic mass is 35.5. The molecule has 2 nitrogen and oxygen atoms in total. The lowest BCUT2D eigenvalue weighted by atomic mass is 10.0. The number of hydrogen-bond acceptors (Lipinski definition) is 2. The van der Waals surface area contributed by atoms with Crippen molar-refractivity contribution < 1.29 is 14.2 Å². The molecule has 100 valence electrons. The van der Waals surface area contributed by atoms with Crippen molar-refractivity contribution in [3.8, 4) is 5.75 Å². The summed E-state index contributed by atoms with van der Waals surface area (Å²) in [5, 5.41) is 10.9. The summed E-state index contributed by atoms with van der Waals surface area (Å²) in [5.41, 5.74) is 2.15. The third-order valence-electron chi connectivity index (χ3n) is 3.00. The molecule has 1 atom stereocenters. The zero-order chi connectivity index (χ0) is 14.0. The molecule has 2 aromatic rings. The van der Waals surface area contributed by atoms with Crippen LogP contribution >= 0.6 is 11.6 Å². The number of benzene rings is 2. The molecule has 19 heavy (non-hydrogen) atoms. The maximum absolute atomic E-state index is 13.3. The minimum Gasteiger partial charge on any atom is -0.494 e. The van der Waals surface area contributed by atoms with Crippen LogP contribution in [0.2, 0.25) is 5.02 Å². The molecule has 0 aliphatic rings. The van der Waals surface area contributed by atoms with E-state index in [1.165, 1.54) is 25.3 Å². The molecule has 0 bridgehead atoms. The van der Waals surface area contributed by atoms with E-state index in [9.17, 15) is 9.50 Å². The fourth-order valence-corrected chi connectivity index (χ4v) is 2.01. The Balaban J connectivity index is 2.37. The van der Waals surface area contributed by atoms with Crippen molar-refractivity contribution in [3.05, 3.63) is 63.9 Å².